The molecule has 0 saturated carbocycles. The minimum Gasteiger partial charge on any atom is -0.444 e. The number of likely N-dealkylation sites (tertiary alicyclic amines) is 1. The third kappa shape index (κ3) is 5.42. The molecule has 22 heavy (non-hydrogen) atoms. The van der Waals surface area contributed by atoms with Crippen molar-refractivity contribution in [1.82, 2.24) is 20.2 Å². The van der Waals surface area contributed by atoms with E-state index in [0.29, 0.717) is 19.1 Å². The molecule has 0 bridgehead atoms. The summed E-state index contributed by atoms with van der Waals surface area (Å²) in [6, 6.07) is 2.16. The number of amides is 1. The van der Waals surface area contributed by atoms with E-state index < -0.39 is 5.60 Å². The first-order valence-electron chi connectivity index (χ1n) is 7.52. The minimum absolute atomic E-state index is 0.264. The first-order valence-corrected chi connectivity index (χ1v) is 7.89. The summed E-state index contributed by atoms with van der Waals surface area (Å²) in [5, 5.41) is 3.11. The number of nitrogens with zero attached hydrogens (tertiary/aromatic N) is 3. The maximum atomic E-state index is 11.7. The number of rotatable bonds is 4. The Hall–Kier alpha value is -1.40. The second-order valence-corrected chi connectivity index (χ2v) is 6.80. The second kappa shape index (κ2) is 7.24. The molecule has 1 aliphatic rings. The molecule has 0 spiro atoms. The van der Waals surface area contributed by atoms with Crippen molar-refractivity contribution >= 4 is 17.7 Å². The quantitative estimate of drug-likeness (QED) is 0.861. The number of alkyl carbamates (subject to hydrolysis) is 1. The lowest BCUT2D eigenvalue weighted by Gasteiger charge is -2.25. The minimum atomic E-state index is -0.475. The first-order chi connectivity index (χ1) is 10.3. The van der Waals surface area contributed by atoms with Gasteiger partial charge in [0, 0.05) is 25.3 Å². The lowest BCUT2D eigenvalue weighted by atomic mass is 10.2. The number of nitrogens with one attached hydrogen (secondary N) is 1. The number of halogens is 1. The number of carbonyl (C=O) groups excluding carboxylic acids is 1. The van der Waals surface area contributed by atoms with E-state index in [9.17, 15) is 4.79 Å². The molecule has 7 heteroatoms. The molecule has 1 aliphatic heterocycles. The largest absolute Gasteiger partial charge is 0.444 e. The standard InChI is InChI=1S/C15H23ClN4O2/c1-15(2,3)22-14(21)18-9-12-5-4-8-20(12)10-11-6-7-17-13(16)19-11/h6-7,12H,4-5,8-10H2,1-3H3,(H,18,21). The fraction of sp³-hybridized carbons (Fsp3) is 0.667. The molecule has 1 amide bonds. The molecule has 2 heterocycles. The van der Waals surface area contributed by atoms with Gasteiger partial charge in [0.05, 0.1) is 5.69 Å². The van der Waals surface area contributed by atoms with E-state index >= 15 is 0 Å². The van der Waals surface area contributed by atoms with E-state index in [1.54, 1.807) is 6.20 Å². The molecule has 1 atom stereocenters. The Morgan fingerprint density at radius 2 is 2.32 bits per heavy atom. The third-order valence-corrected chi connectivity index (χ3v) is 3.61. The van der Waals surface area contributed by atoms with Crippen molar-refractivity contribution < 1.29 is 9.53 Å². The Bertz CT molecular complexity index is 519. The fourth-order valence-electron chi connectivity index (χ4n) is 2.52. The first kappa shape index (κ1) is 17.0. The molecular formula is C15H23ClN4O2. The van der Waals surface area contributed by atoms with Crippen molar-refractivity contribution in [2.24, 2.45) is 0 Å². The summed E-state index contributed by atoms with van der Waals surface area (Å²) < 4.78 is 5.26. The predicted octanol–water partition coefficient (Wildman–Crippen LogP) is 2.62. The second-order valence-electron chi connectivity index (χ2n) is 6.47. The van der Waals surface area contributed by atoms with Gasteiger partial charge in [0.25, 0.3) is 0 Å². The molecule has 122 valence electrons. The fourth-order valence-corrected chi connectivity index (χ4v) is 2.68. The molecule has 2 rings (SSSR count). The normalized spacial score (nSPS) is 19.2. The highest BCUT2D eigenvalue weighted by Gasteiger charge is 2.26. The molecule has 1 N–H and O–H groups in total. The summed E-state index contributed by atoms with van der Waals surface area (Å²) in [6.07, 6.45) is 3.45. The highest BCUT2D eigenvalue weighted by molar-refractivity contribution is 6.28. The van der Waals surface area contributed by atoms with Gasteiger partial charge < -0.3 is 10.1 Å². The van der Waals surface area contributed by atoms with E-state index in [4.69, 9.17) is 16.3 Å². The predicted molar refractivity (Wildman–Crippen MR) is 84.7 cm³/mol. The van der Waals surface area contributed by atoms with Gasteiger partial charge in [0.1, 0.15) is 5.60 Å². The molecule has 0 aromatic carbocycles. The molecule has 1 unspecified atom stereocenters. The van der Waals surface area contributed by atoms with Crippen LogP contribution in [0.5, 0.6) is 0 Å². The molecule has 6 nitrogen and oxygen atoms in total. The molecule has 1 fully saturated rings. The monoisotopic (exact) mass is 326 g/mol. The van der Waals surface area contributed by atoms with Crippen LogP contribution in [0.25, 0.3) is 0 Å². The van der Waals surface area contributed by atoms with Gasteiger partial charge in [0.15, 0.2) is 0 Å². The van der Waals surface area contributed by atoms with Crippen LogP contribution >= 0.6 is 11.6 Å². The van der Waals surface area contributed by atoms with Crippen LogP contribution in [0.2, 0.25) is 5.28 Å². The van der Waals surface area contributed by atoms with E-state index in [2.05, 4.69) is 20.2 Å². The molecule has 0 aliphatic carbocycles. The lowest BCUT2D eigenvalue weighted by molar-refractivity contribution is 0.0512. The van der Waals surface area contributed by atoms with Crippen molar-refractivity contribution in [2.75, 3.05) is 13.1 Å². The SMILES string of the molecule is CC(C)(C)OC(=O)NCC1CCCN1Cc1ccnc(Cl)n1. The molecule has 1 saturated heterocycles. The molecule has 1 aromatic rings. The van der Waals surface area contributed by atoms with Crippen LogP contribution in [-0.4, -0.2) is 45.7 Å². The third-order valence-electron chi connectivity index (χ3n) is 3.43. The Morgan fingerprint density at radius 1 is 1.55 bits per heavy atom. The maximum Gasteiger partial charge on any atom is 0.407 e. The Morgan fingerprint density at radius 3 is 3.00 bits per heavy atom. The van der Waals surface area contributed by atoms with Crippen LogP contribution in [0.3, 0.4) is 0 Å². The lowest BCUT2D eigenvalue weighted by Crippen LogP contribution is -2.41. The zero-order valence-electron chi connectivity index (χ0n) is 13.3. The van der Waals surface area contributed by atoms with Gasteiger partial charge in [-0.1, -0.05) is 0 Å². The number of aromatic nitrogens is 2. The molecular weight excluding hydrogens is 304 g/mol. The van der Waals surface area contributed by atoms with Crippen LogP contribution in [0.4, 0.5) is 4.79 Å². The Kier molecular flexibility index (Phi) is 5.58. The number of hydrogen-bond acceptors (Lipinski definition) is 5. The van der Waals surface area contributed by atoms with Gasteiger partial charge in [-0.2, -0.15) is 0 Å². The van der Waals surface area contributed by atoms with Crippen LogP contribution in [0, 0.1) is 0 Å². The molecule has 1 aromatic heterocycles. The summed E-state index contributed by atoms with van der Waals surface area (Å²) in [4.78, 5) is 22.1. The molecule has 0 radical (unpaired) electrons. The summed E-state index contributed by atoms with van der Waals surface area (Å²) in [5.41, 5.74) is 0.418. The summed E-state index contributed by atoms with van der Waals surface area (Å²) >= 11 is 5.82. The Labute approximate surface area is 136 Å². The highest BCUT2D eigenvalue weighted by Crippen LogP contribution is 2.19. The van der Waals surface area contributed by atoms with Crippen molar-refractivity contribution in [3.05, 3.63) is 23.2 Å². The van der Waals surface area contributed by atoms with Crippen LogP contribution < -0.4 is 5.32 Å². The van der Waals surface area contributed by atoms with Gasteiger partial charge in [-0.25, -0.2) is 14.8 Å². The number of hydrogen-bond donors (Lipinski definition) is 1. The zero-order chi connectivity index (χ0) is 16.2. The average molecular weight is 327 g/mol. The van der Waals surface area contributed by atoms with Gasteiger partial charge in [-0.3, -0.25) is 4.90 Å². The van der Waals surface area contributed by atoms with Gasteiger partial charge in [0.2, 0.25) is 5.28 Å². The van der Waals surface area contributed by atoms with E-state index in [-0.39, 0.29) is 11.4 Å². The van der Waals surface area contributed by atoms with E-state index in [0.717, 1.165) is 25.1 Å². The summed E-state index contributed by atoms with van der Waals surface area (Å²) in [7, 11) is 0. The van der Waals surface area contributed by atoms with Gasteiger partial charge >= 0.3 is 6.09 Å². The van der Waals surface area contributed by atoms with Crippen LogP contribution in [-0.2, 0) is 11.3 Å². The zero-order valence-corrected chi connectivity index (χ0v) is 14.1. The summed E-state index contributed by atoms with van der Waals surface area (Å²) in [5.74, 6) is 0. The van der Waals surface area contributed by atoms with E-state index in [1.807, 2.05) is 26.8 Å². The van der Waals surface area contributed by atoms with Gasteiger partial charge in [-0.05, 0) is 57.8 Å². The van der Waals surface area contributed by atoms with E-state index in [1.165, 1.54) is 0 Å². The van der Waals surface area contributed by atoms with Gasteiger partial charge in [-0.15, -0.1) is 0 Å². The average Bonchev–Trinajstić information content (AvgIpc) is 2.82. The van der Waals surface area contributed by atoms with Crippen LogP contribution in [0.15, 0.2) is 12.3 Å². The van der Waals surface area contributed by atoms with Crippen molar-refractivity contribution in [3.63, 3.8) is 0 Å². The number of ether oxygens (including phenoxy) is 1. The maximum absolute atomic E-state index is 11.7. The van der Waals surface area contributed by atoms with Crippen LogP contribution in [0.1, 0.15) is 39.3 Å². The highest BCUT2D eigenvalue weighted by atomic mass is 35.5. The Balaban J connectivity index is 1.84. The summed E-state index contributed by atoms with van der Waals surface area (Å²) in [6.45, 7) is 7.84. The smallest absolute Gasteiger partial charge is 0.407 e. The topological polar surface area (TPSA) is 67.3 Å². The van der Waals surface area contributed by atoms with Crippen molar-refractivity contribution in [3.8, 4) is 0 Å². The van der Waals surface area contributed by atoms with Crippen molar-refractivity contribution in [2.45, 2.75) is 51.8 Å². The van der Waals surface area contributed by atoms with Crippen molar-refractivity contribution in [1.29, 1.82) is 0 Å². The number of carbonyl (C=O) groups is 1.